The van der Waals surface area contributed by atoms with Crippen LogP contribution in [-0.4, -0.2) is 21.2 Å². The van der Waals surface area contributed by atoms with Gasteiger partial charge in [0.25, 0.3) is 0 Å². The molecule has 5 heteroatoms. The Balaban J connectivity index is 2.27. The van der Waals surface area contributed by atoms with Gasteiger partial charge in [-0.3, -0.25) is 4.79 Å². The molecule has 0 radical (unpaired) electrons. The molecule has 0 aliphatic heterocycles. The fraction of sp³-hybridized carbons (Fsp3) is 0.211. The average molecular weight is 325 g/mol. The summed E-state index contributed by atoms with van der Waals surface area (Å²) in [6, 6.07) is 12.3. The van der Waals surface area contributed by atoms with Crippen LogP contribution in [0.15, 0.2) is 51.7 Å². The van der Waals surface area contributed by atoms with Gasteiger partial charge in [0.1, 0.15) is 23.6 Å². The molecule has 0 bridgehead atoms. The van der Waals surface area contributed by atoms with Crippen LogP contribution >= 0.6 is 0 Å². The standard InChI is InChI=1S/C19H19NO4/c1-20(2)11-13-16(23-3)10-17-18(19(13)22)14(21)9-15(24-17)12-7-5-4-6-8-12/h4-10,22H,11H2,1-3H3. The van der Waals surface area contributed by atoms with Crippen molar-refractivity contribution in [2.45, 2.75) is 6.54 Å². The minimum absolute atomic E-state index is 0.0757. The molecule has 0 spiro atoms. The highest BCUT2D eigenvalue weighted by Gasteiger charge is 2.15. The molecular formula is C19H19NO4. The van der Waals surface area contributed by atoms with Crippen LogP contribution in [0.2, 0.25) is 0 Å². The van der Waals surface area contributed by atoms with Gasteiger partial charge in [-0.15, -0.1) is 0 Å². The zero-order valence-electron chi connectivity index (χ0n) is 13.9. The van der Waals surface area contributed by atoms with Crippen molar-refractivity contribution in [2.24, 2.45) is 0 Å². The topological polar surface area (TPSA) is 66.9 Å². The molecule has 3 rings (SSSR count). The zero-order chi connectivity index (χ0) is 17.3. The second kappa shape index (κ2) is 6.37. The van der Waals surface area contributed by atoms with E-state index in [1.807, 2.05) is 44.4 Å². The Labute approximate surface area is 139 Å². The van der Waals surface area contributed by atoms with E-state index in [0.717, 1.165) is 10.5 Å². The quantitative estimate of drug-likeness (QED) is 0.782. The van der Waals surface area contributed by atoms with Gasteiger partial charge in [0, 0.05) is 23.3 Å². The predicted molar refractivity (Wildman–Crippen MR) is 90.4 cm³/mol. The highest BCUT2D eigenvalue weighted by Crippen LogP contribution is 2.34. The minimum Gasteiger partial charge on any atom is -0.871 e. The Hall–Kier alpha value is -2.79. The number of rotatable bonds is 4. The summed E-state index contributed by atoms with van der Waals surface area (Å²) in [7, 11) is 5.38. The largest absolute Gasteiger partial charge is 0.871 e. The van der Waals surface area contributed by atoms with Crippen molar-refractivity contribution < 1.29 is 19.2 Å². The minimum atomic E-state index is -0.335. The summed E-state index contributed by atoms with van der Waals surface area (Å²) in [5.41, 5.74) is 1.19. The third-order valence-electron chi connectivity index (χ3n) is 3.84. The molecule has 0 aliphatic carbocycles. The molecule has 1 N–H and O–H groups in total. The lowest BCUT2D eigenvalue weighted by molar-refractivity contribution is -0.872. The molecule has 0 saturated carbocycles. The van der Waals surface area contributed by atoms with Crippen LogP contribution < -0.4 is 20.2 Å². The van der Waals surface area contributed by atoms with Crippen LogP contribution in [0, 0.1) is 0 Å². The lowest BCUT2D eigenvalue weighted by Gasteiger charge is -2.20. The van der Waals surface area contributed by atoms with E-state index >= 15 is 0 Å². The number of hydrogen-bond acceptors (Lipinski definition) is 4. The molecule has 0 fully saturated rings. The Morgan fingerprint density at radius 2 is 1.88 bits per heavy atom. The van der Waals surface area contributed by atoms with E-state index < -0.39 is 0 Å². The molecule has 0 amide bonds. The summed E-state index contributed by atoms with van der Waals surface area (Å²) in [6.07, 6.45) is 0. The van der Waals surface area contributed by atoms with Crippen LogP contribution in [-0.2, 0) is 6.54 Å². The van der Waals surface area contributed by atoms with Crippen LogP contribution in [0.3, 0.4) is 0 Å². The van der Waals surface area contributed by atoms with Gasteiger partial charge in [0.05, 0.1) is 26.6 Å². The van der Waals surface area contributed by atoms with Crippen molar-refractivity contribution in [2.75, 3.05) is 21.2 Å². The van der Waals surface area contributed by atoms with Gasteiger partial charge in [0.2, 0.25) is 0 Å². The highest BCUT2D eigenvalue weighted by molar-refractivity contribution is 5.87. The maximum atomic E-state index is 12.8. The van der Waals surface area contributed by atoms with E-state index in [1.54, 1.807) is 6.07 Å². The van der Waals surface area contributed by atoms with Crippen LogP contribution in [0.1, 0.15) is 5.56 Å². The number of hydrogen-bond donors (Lipinski definition) is 1. The second-order valence-corrected chi connectivity index (χ2v) is 5.98. The maximum Gasteiger partial charge on any atom is 0.192 e. The van der Waals surface area contributed by atoms with E-state index in [9.17, 15) is 9.90 Å². The van der Waals surface area contributed by atoms with Gasteiger partial charge < -0.3 is 19.2 Å². The number of fused-ring (bicyclic) bond motifs is 1. The number of quaternary nitrogens is 1. The highest BCUT2D eigenvalue weighted by atomic mass is 16.5. The third-order valence-corrected chi connectivity index (χ3v) is 3.84. The number of methoxy groups -OCH3 is 1. The Kier molecular flexibility index (Phi) is 4.27. The summed E-state index contributed by atoms with van der Waals surface area (Å²) < 4.78 is 11.2. The number of benzene rings is 2. The van der Waals surface area contributed by atoms with E-state index in [4.69, 9.17) is 9.15 Å². The summed E-state index contributed by atoms with van der Waals surface area (Å²) in [5, 5.41) is 12.8. The number of nitrogens with one attached hydrogen (secondary N) is 1. The number of ether oxygens (including phenoxy) is 1. The van der Waals surface area contributed by atoms with Gasteiger partial charge in [-0.2, -0.15) is 0 Å². The molecule has 0 unspecified atom stereocenters. The normalized spacial score (nSPS) is 11.2. The molecule has 0 atom stereocenters. The SMILES string of the molecule is COc1cc2oc(-c3ccccc3)cc(=O)c2c([O-])c1C[NH+](C)C. The lowest BCUT2D eigenvalue weighted by Crippen LogP contribution is -3.04. The van der Waals surface area contributed by atoms with Gasteiger partial charge in [-0.25, -0.2) is 0 Å². The van der Waals surface area contributed by atoms with Crippen molar-refractivity contribution in [3.8, 4) is 22.8 Å². The average Bonchev–Trinajstić information content (AvgIpc) is 2.57. The fourth-order valence-corrected chi connectivity index (χ4v) is 2.75. The summed E-state index contributed by atoms with van der Waals surface area (Å²) in [5.74, 6) is 0.557. The Morgan fingerprint density at radius 1 is 1.17 bits per heavy atom. The molecule has 124 valence electrons. The molecule has 3 aromatic rings. The van der Waals surface area contributed by atoms with Crippen molar-refractivity contribution in [3.63, 3.8) is 0 Å². The molecule has 1 heterocycles. The van der Waals surface area contributed by atoms with E-state index in [1.165, 1.54) is 13.2 Å². The monoisotopic (exact) mass is 325 g/mol. The molecule has 0 saturated heterocycles. The Bertz CT molecular complexity index is 929. The fourth-order valence-electron chi connectivity index (χ4n) is 2.75. The van der Waals surface area contributed by atoms with Crippen LogP contribution in [0.5, 0.6) is 11.5 Å². The van der Waals surface area contributed by atoms with Gasteiger partial charge in [0.15, 0.2) is 5.43 Å². The van der Waals surface area contributed by atoms with Crippen molar-refractivity contribution >= 4 is 11.0 Å². The maximum absolute atomic E-state index is 12.8. The third kappa shape index (κ3) is 2.86. The predicted octanol–water partition coefficient (Wildman–Crippen LogP) is 1.19. The smallest absolute Gasteiger partial charge is 0.192 e. The first-order chi connectivity index (χ1) is 11.5. The first-order valence-electron chi connectivity index (χ1n) is 7.70. The molecule has 5 nitrogen and oxygen atoms in total. The Morgan fingerprint density at radius 3 is 2.50 bits per heavy atom. The molecule has 2 aromatic carbocycles. The summed E-state index contributed by atoms with van der Waals surface area (Å²) in [4.78, 5) is 13.6. The van der Waals surface area contributed by atoms with Gasteiger partial charge in [-0.1, -0.05) is 36.1 Å². The molecule has 24 heavy (non-hydrogen) atoms. The van der Waals surface area contributed by atoms with Crippen molar-refractivity contribution in [1.29, 1.82) is 0 Å². The summed E-state index contributed by atoms with van der Waals surface area (Å²) in [6.45, 7) is 0.470. The van der Waals surface area contributed by atoms with Crippen LogP contribution in [0.4, 0.5) is 0 Å². The second-order valence-electron chi connectivity index (χ2n) is 5.98. The van der Waals surface area contributed by atoms with Crippen molar-refractivity contribution in [3.05, 3.63) is 58.3 Å². The molecular weight excluding hydrogens is 306 g/mol. The zero-order valence-corrected chi connectivity index (χ0v) is 13.9. The van der Waals surface area contributed by atoms with Gasteiger partial charge >= 0.3 is 0 Å². The van der Waals surface area contributed by atoms with E-state index in [2.05, 4.69) is 0 Å². The van der Waals surface area contributed by atoms with Gasteiger partial charge in [-0.05, 0) is 0 Å². The van der Waals surface area contributed by atoms with E-state index in [-0.39, 0.29) is 22.1 Å². The van der Waals surface area contributed by atoms with E-state index in [0.29, 0.717) is 23.6 Å². The van der Waals surface area contributed by atoms with Crippen LogP contribution in [0.25, 0.3) is 22.3 Å². The first kappa shape index (κ1) is 16.1. The summed E-state index contributed by atoms with van der Waals surface area (Å²) >= 11 is 0. The first-order valence-corrected chi connectivity index (χ1v) is 7.70. The van der Waals surface area contributed by atoms with Crippen molar-refractivity contribution in [1.82, 2.24) is 0 Å². The molecule has 1 aromatic heterocycles. The lowest BCUT2D eigenvalue weighted by atomic mass is 10.1. The molecule has 0 aliphatic rings.